The standard InChI is InChI=1S/C20H28N4OS/c1-13(2)24-14(3)12-16(15(24)4)19-18(17-8-5-6-9-21-17)22-20(26)23(19)10-7-11-25/h5-6,8-9,12-13,18-19,25H,7,10-11H2,1-4H3,(H,22,26). The molecule has 0 amide bonds. The number of rotatable bonds is 6. The summed E-state index contributed by atoms with van der Waals surface area (Å²) in [6.45, 7) is 9.64. The van der Waals surface area contributed by atoms with Crippen LogP contribution in [0.4, 0.5) is 0 Å². The molecule has 0 aromatic carbocycles. The second-order valence-electron chi connectivity index (χ2n) is 7.19. The third-order valence-corrected chi connectivity index (χ3v) is 5.47. The largest absolute Gasteiger partial charge is 0.396 e. The smallest absolute Gasteiger partial charge is 0.170 e. The summed E-state index contributed by atoms with van der Waals surface area (Å²) in [5, 5.41) is 13.5. The van der Waals surface area contributed by atoms with E-state index in [9.17, 15) is 5.11 Å². The number of nitrogens with one attached hydrogen (secondary N) is 1. The van der Waals surface area contributed by atoms with Crippen molar-refractivity contribution in [2.75, 3.05) is 13.2 Å². The Kier molecular flexibility index (Phi) is 5.63. The Morgan fingerprint density at radius 3 is 2.65 bits per heavy atom. The van der Waals surface area contributed by atoms with Gasteiger partial charge in [-0.3, -0.25) is 4.98 Å². The van der Waals surface area contributed by atoms with E-state index in [1.807, 2.05) is 24.4 Å². The van der Waals surface area contributed by atoms with Gasteiger partial charge in [0, 0.05) is 36.8 Å². The van der Waals surface area contributed by atoms with Crippen LogP contribution in [0.15, 0.2) is 30.5 Å². The molecule has 0 saturated carbocycles. The van der Waals surface area contributed by atoms with Gasteiger partial charge in [0.15, 0.2) is 5.11 Å². The molecule has 0 bridgehead atoms. The number of aromatic nitrogens is 2. The van der Waals surface area contributed by atoms with Crippen molar-refractivity contribution in [2.24, 2.45) is 0 Å². The van der Waals surface area contributed by atoms with Crippen LogP contribution >= 0.6 is 12.2 Å². The minimum atomic E-state index is 0.00325. The fourth-order valence-electron chi connectivity index (χ4n) is 4.12. The molecule has 2 aromatic heterocycles. The van der Waals surface area contributed by atoms with Crippen LogP contribution in [0.3, 0.4) is 0 Å². The monoisotopic (exact) mass is 372 g/mol. The summed E-state index contributed by atoms with van der Waals surface area (Å²) in [7, 11) is 0. The maximum absolute atomic E-state index is 9.32. The van der Waals surface area contributed by atoms with E-state index >= 15 is 0 Å². The molecule has 5 nitrogen and oxygen atoms in total. The molecular formula is C20H28N4OS. The first-order valence-corrected chi connectivity index (χ1v) is 9.63. The van der Waals surface area contributed by atoms with Gasteiger partial charge in [0.2, 0.25) is 0 Å². The Bertz CT molecular complexity index is 772. The summed E-state index contributed by atoms with van der Waals surface area (Å²) in [5.41, 5.74) is 4.79. The maximum Gasteiger partial charge on any atom is 0.170 e. The lowest BCUT2D eigenvalue weighted by Crippen LogP contribution is -2.31. The first-order valence-electron chi connectivity index (χ1n) is 9.23. The zero-order valence-corrected chi connectivity index (χ0v) is 16.8. The van der Waals surface area contributed by atoms with Gasteiger partial charge in [0.1, 0.15) is 0 Å². The SMILES string of the molecule is Cc1cc(C2C(c3ccccn3)NC(=S)N2CCCO)c(C)n1C(C)C. The average Bonchev–Trinajstić information content (AvgIpc) is 3.09. The van der Waals surface area contributed by atoms with Crippen LogP contribution in [0.2, 0.25) is 0 Å². The molecule has 2 aromatic rings. The average molecular weight is 373 g/mol. The molecule has 3 rings (SSSR count). The number of hydrogen-bond donors (Lipinski definition) is 2. The summed E-state index contributed by atoms with van der Waals surface area (Å²) in [6.07, 6.45) is 2.51. The third kappa shape index (κ3) is 3.35. The molecule has 0 spiro atoms. The van der Waals surface area contributed by atoms with Crippen molar-refractivity contribution in [3.63, 3.8) is 0 Å². The predicted octanol–water partition coefficient (Wildman–Crippen LogP) is 3.44. The molecule has 6 heteroatoms. The quantitative estimate of drug-likeness (QED) is 0.761. The van der Waals surface area contributed by atoms with E-state index in [0.29, 0.717) is 12.5 Å². The Morgan fingerprint density at radius 1 is 1.31 bits per heavy atom. The molecule has 2 unspecified atom stereocenters. The van der Waals surface area contributed by atoms with Crippen LogP contribution in [-0.2, 0) is 0 Å². The van der Waals surface area contributed by atoms with Crippen LogP contribution in [0.1, 0.15) is 61.0 Å². The Labute approximate surface area is 161 Å². The molecule has 3 heterocycles. The fraction of sp³-hybridized carbons (Fsp3) is 0.500. The van der Waals surface area contributed by atoms with Crippen molar-refractivity contribution in [3.05, 3.63) is 53.1 Å². The van der Waals surface area contributed by atoms with E-state index < -0.39 is 0 Å². The van der Waals surface area contributed by atoms with E-state index in [-0.39, 0.29) is 18.7 Å². The fourth-order valence-corrected chi connectivity index (χ4v) is 4.45. The number of aliphatic hydroxyl groups is 1. The van der Waals surface area contributed by atoms with Gasteiger partial charge in [0.25, 0.3) is 0 Å². The molecule has 1 fully saturated rings. The molecule has 1 aliphatic rings. The van der Waals surface area contributed by atoms with Crippen molar-refractivity contribution >= 4 is 17.3 Å². The van der Waals surface area contributed by atoms with Crippen LogP contribution in [0.5, 0.6) is 0 Å². The van der Waals surface area contributed by atoms with E-state index in [4.69, 9.17) is 12.2 Å². The first kappa shape index (κ1) is 18.9. The minimum Gasteiger partial charge on any atom is -0.396 e. The second kappa shape index (κ2) is 7.76. The minimum absolute atomic E-state index is 0.00325. The summed E-state index contributed by atoms with van der Waals surface area (Å²) in [5.74, 6) is 0. The highest BCUT2D eigenvalue weighted by Gasteiger charge is 2.41. The maximum atomic E-state index is 9.32. The molecule has 1 saturated heterocycles. The molecule has 2 atom stereocenters. The number of hydrogen-bond acceptors (Lipinski definition) is 3. The van der Waals surface area contributed by atoms with E-state index in [1.165, 1.54) is 17.0 Å². The predicted molar refractivity (Wildman–Crippen MR) is 108 cm³/mol. The van der Waals surface area contributed by atoms with Crippen LogP contribution < -0.4 is 5.32 Å². The molecule has 0 aliphatic carbocycles. The Hall–Kier alpha value is -1.92. The number of aliphatic hydroxyl groups excluding tert-OH is 1. The third-order valence-electron chi connectivity index (χ3n) is 5.11. The lowest BCUT2D eigenvalue weighted by atomic mass is 9.96. The molecule has 2 N–H and O–H groups in total. The van der Waals surface area contributed by atoms with Crippen molar-refractivity contribution in [1.29, 1.82) is 0 Å². The Balaban J connectivity index is 2.08. The van der Waals surface area contributed by atoms with Gasteiger partial charge in [-0.1, -0.05) is 6.07 Å². The summed E-state index contributed by atoms with van der Waals surface area (Å²) >= 11 is 5.64. The first-order chi connectivity index (χ1) is 12.5. The number of aryl methyl sites for hydroxylation is 1. The van der Waals surface area contributed by atoms with E-state index in [2.05, 4.69) is 53.5 Å². The van der Waals surface area contributed by atoms with Crippen LogP contribution in [-0.4, -0.2) is 37.8 Å². The van der Waals surface area contributed by atoms with Crippen LogP contribution in [0.25, 0.3) is 0 Å². The van der Waals surface area contributed by atoms with Crippen molar-refractivity contribution in [3.8, 4) is 0 Å². The van der Waals surface area contributed by atoms with Gasteiger partial charge >= 0.3 is 0 Å². The number of thiocarbonyl (C=S) groups is 1. The highest BCUT2D eigenvalue weighted by molar-refractivity contribution is 7.80. The highest BCUT2D eigenvalue weighted by Crippen LogP contribution is 2.41. The number of nitrogens with zero attached hydrogens (tertiary/aromatic N) is 3. The van der Waals surface area contributed by atoms with Crippen molar-refractivity contribution in [1.82, 2.24) is 19.8 Å². The van der Waals surface area contributed by atoms with Crippen molar-refractivity contribution < 1.29 is 5.11 Å². The normalized spacial score (nSPS) is 20.1. The summed E-state index contributed by atoms with van der Waals surface area (Å²) in [4.78, 5) is 6.78. The molecule has 1 aliphatic heterocycles. The highest BCUT2D eigenvalue weighted by atomic mass is 32.1. The van der Waals surface area contributed by atoms with Gasteiger partial charge in [-0.15, -0.1) is 0 Å². The number of pyridine rings is 1. The second-order valence-corrected chi connectivity index (χ2v) is 7.57. The summed E-state index contributed by atoms with van der Waals surface area (Å²) in [6, 6.07) is 8.75. The lowest BCUT2D eigenvalue weighted by Gasteiger charge is -2.28. The molecular weight excluding hydrogens is 344 g/mol. The van der Waals surface area contributed by atoms with Gasteiger partial charge in [0.05, 0.1) is 17.8 Å². The van der Waals surface area contributed by atoms with Gasteiger partial charge in [-0.2, -0.15) is 0 Å². The lowest BCUT2D eigenvalue weighted by molar-refractivity contribution is 0.247. The summed E-state index contributed by atoms with van der Waals surface area (Å²) < 4.78 is 2.37. The Morgan fingerprint density at radius 2 is 2.08 bits per heavy atom. The molecule has 26 heavy (non-hydrogen) atoms. The zero-order valence-electron chi connectivity index (χ0n) is 15.9. The topological polar surface area (TPSA) is 53.3 Å². The van der Waals surface area contributed by atoms with E-state index in [0.717, 1.165) is 17.4 Å². The van der Waals surface area contributed by atoms with E-state index in [1.54, 1.807) is 0 Å². The van der Waals surface area contributed by atoms with Gasteiger partial charge < -0.3 is 19.9 Å². The van der Waals surface area contributed by atoms with Gasteiger partial charge in [-0.25, -0.2) is 0 Å². The molecule has 0 radical (unpaired) electrons. The van der Waals surface area contributed by atoms with Crippen molar-refractivity contribution in [2.45, 2.75) is 52.2 Å². The van der Waals surface area contributed by atoms with Gasteiger partial charge in [-0.05, 0) is 70.1 Å². The molecule has 140 valence electrons. The zero-order chi connectivity index (χ0) is 18.8. The van der Waals surface area contributed by atoms with Crippen LogP contribution in [0, 0.1) is 13.8 Å².